The van der Waals surface area contributed by atoms with Gasteiger partial charge in [0.05, 0.1) is 0 Å². The van der Waals surface area contributed by atoms with Crippen LogP contribution in [0.15, 0.2) is 15.9 Å². The Kier molecular flexibility index (Phi) is 4.59. The molecule has 1 fully saturated rings. The fourth-order valence-electron chi connectivity index (χ4n) is 2.02. The van der Waals surface area contributed by atoms with Gasteiger partial charge >= 0.3 is 0 Å². The standard InChI is InChI=1S/C12H17BrN2OS/c13-9-7-11(17-8-9)1-2-12(16)15-5-3-10(14)4-6-15/h7-8,10H,1-6,14H2. The zero-order valence-corrected chi connectivity index (χ0v) is 12.1. The van der Waals surface area contributed by atoms with Crippen LogP contribution in [0.1, 0.15) is 24.1 Å². The lowest BCUT2D eigenvalue weighted by molar-refractivity contribution is -0.132. The summed E-state index contributed by atoms with van der Waals surface area (Å²) in [6.45, 7) is 1.66. The maximum Gasteiger partial charge on any atom is 0.222 e. The van der Waals surface area contributed by atoms with Crippen LogP contribution in [-0.2, 0) is 11.2 Å². The summed E-state index contributed by atoms with van der Waals surface area (Å²) in [5.41, 5.74) is 5.82. The Hall–Kier alpha value is -0.390. The first-order valence-corrected chi connectivity index (χ1v) is 7.58. The number of piperidine rings is 1. The third-order valence-corrected chi connectivity index (χ3v) is 4.86. The Morgan fingerprint density at radius 2 is 2.24 bits per heavy atom. The molecule has 0 radical (unpaired) electrons. The van der Waals surface area contributed by atoms with Gasteiger partial charge in [-0.15, -0.1) is 11.3 Å². The summed E-state index contributed by atoms with van der Waals surface area (Å²) in [6, 6.07) is 2.37. The van der Waals surface area contributed by atoms with Crippen molar-refractivity contribution in [2.75, 3.05) is 13.1 Å². The largest absolute Gasteiger partial charge is 0.343 e. The lowest BCUT2D eigenvalue weighted by atomic mass is 10.1. The van der Waals surface area contributed by atoms with Crippen LogP contribution in [0.3, 0.4) is 0 Å². The molecular formula is C12H17BrN2OS. The molecule has 1 aliphatic rings. The van der Waals surface area contributed by atoms with Crippen molar-refractivity contribution in [2.45, 2.75) is 31.7 Å². The van der Waals surface area contributed by atoms with Gasteiger partial charge in [0.15, 0.2) is 0 Å². The van der Waals surface area contributed by atoms with E-state index in [1.165, 1.54) is 4.88 Å². The highest BCUT2D eigenvalue weighted by Crippen LogP contribution is 2.21. The molecule has 2 rings (SSSR count). The van der Waals surface area contributed by atoms with Crippen molar-refractivity contribution in [3.05, 3.63) is 20.8 Å². The van der Waals surface area contributed by atoms with E-state index in [0.717, 1.165) is 36.8 Å². The number of thiophene rings is 1. The number of halogens is 1. The molecule has 0 unspecified atom stereocenters. The Morgan fingerprint density at radius 1 is 1.53 bits per heavy atom. The summed E-state index contributed by atoms with van der Waals surface area (Å²) in [6.07, 6.45) is 3.34. The third-order valence-electron chi connectivity index (χ3n) is 3.10. The van der Waals surface area contributed by atoms with Gasteiger partial charge in [0.2, 0.25) is 5.91 Å². The second-order valence-corrected chi connectivity index (χ2v) is 6.36. The molecule has 17 heavy (non-hydrogen) atoms. The van der Waals surface area contributed by atoms with E-state index in [1.54, 1.807) is 11.3 Å². The summed E-state index contributed by atoms with van der Waals surface area (Å²) in [7, 11) is 0. The van der Waals surface area contributed by atoms with E-state index in [1.807, 2.05) is 4.90 Å². The van der Waals surface area contributed by atoms with Crippen LogP contribution >= 0.6 is 27.3 Å². The Balaban J connectivity index is 1.77. The Bertz CT molecular complexity index is 386. The SMILES string of the molecule is NC1CCN(C(=O)CCc2cc(Br)cs2)CC1. The molecular weight excluding hydrogens is 300 g/mol. The maximum atomic E-state index is 12.0. The van der Waals surface area contributed by atoms with Gasteiger partial charge in [-0.2, -0.15) is 0 Å². The van der Waals surface area contributed by atoms with E-state index in [0.29, 0.717) is 6.42 Å². The number of nitrogens with two attached hydrogens (primary N) is 1. The van der Waals surface area contributed by atoms with Crippen molar-refractivity contribution >= 4 is 33.2 Å². The number of amides is 1. The monoisotopic (exact) mass is 316 g/mol. The zero-order valence-electron chi connectivity index (χ0n) is 9.69. The lowest BCUT2D eigenvalue weighted by Crippen LogP contribution is -2.42. The first-order valence-electron chi connectivity index (χ1n) is 5.91. The number of likely N-dealkylation sites (tertiary alicyclic amines) is 1. The van der Waals surface area contributed by atoms with Crippen molar-refractivity contribution in [3.63, 3.8) is 0 Å². The number of rotatable bonds is 3. The van der Waals surface area contributed by atoms with Gasteiger partial charge < -0.3 is 10.6 Å². The zero-order chi connectivity index (χ0) is 12.3. The molecule has 1 saturated heterocycles. The van der Waals surface area contributed by atoms with E-state index < -0.39 is 0 Å². The number of carbonyl (C=O) groups is 1. The molecule has 0 spiro atoms. The average molecular weight is 317 g/mol. The number of nitrogens with zero attached hydrogens (tertiary/aromatic N) is 1. The van der Waals surface area contributed by atoms with Gasteiger partial charge in [0.1, 0.15) is 0 Å². The number of hydrogen-bond acceptors (Lipinski definition) is 3. The van der Waals surface area contributed by atoms with Crippen LogP contribution in [-0.4, -0.2) is 29.9 Å². The molecule has 0 atom stereocenters. The van der Waals surface area contributed by atoms with Crippen LogP contribution in [0, 0.1) is 0 Å². The molecule has 94 valence electrons. The van der Waals surface area contributed by atoms with Crippen LogP contribution in [0.2, 0.25) is 0 Å². The molecule has 0 aromatic carbocycles. The van der Waals surface area contributed by atoms with Crippen molar-refractivity contribution < 1.29 is 4.79 Å². The van der Waals surface area contributed by atoms with E-state index in [2.05, 4.69) is 27.4 Å². The summed E-state index contributed by atoms with van der Waals surface area (Å²) in [4.78, 5) is 15.2. The maximum absolute atomic E-state index is 12.0. The highest BCUT2D eigenvalue weighted by Gasteiger charge is 2.20. The summed E-state index contributed by atoms with van der Waals surface area (Å²) in [5, 5.41) is 2.06. The van der Waals surface area contributed by atoms with E-state index in [-0.39, 0.29) is 11.9 Å². The van der Waals surface area contributed by atoms with Gasteiger partial charge in [-0.1, -0.05) is 0 Å². The molecule has 0 bridgehead atoms. The quantitative estimate of drug-likeness (QED) is 0.930. The first kappa shape index (κ1) is 13.1. The second kappa shape index (κ2) is 5.98. The molecule has 1 amide bonds. The fraction of sp³-hybridized carbons (Fsp3) is 0.583. The highest BCUT2D eigenvalue weighted by molar-refractivity contribution is 9.10. The number of hydrogen-bond donors (Lipinski definition) is 1. The van der Waals surface area contributed by atoms with Crippen LogP contribution < -0.4 is 5.73 Å². The highest BCUT2D eigenvalue weighted by atomic mass is 79.9. The molecule has 5 heteroatoms. The summed E-state index contributed by atoms with van der Waals surface area (Å²) in [5.74, 6) is 0.265. The smallest absolute Gasteiger partial charge is 0.222 e. The van der Waals surface area contributed by atoms with Gasteiger partial charge in [-0.3, -0.25) is 4.79 Å². The van der Waals surface area contributed by atoms with Crippen LogP contribution in [0.4, 0.5) is 0 Å². The van der Waals surface area contributed by atoms with Crippen molar-refractivity contribution in [1.29, 1.82) is 0 Å². The summed E-state index contributed by atoms with van der Waals surface area (Å²) < 4.78 is 1.11. The lowest BCUT2D eigenvalue weighted by Gasteiger charge is -2.30. The fourth-order valence-corrected chi connectivity index (χ4v) is 3.48. The van der Waals surface area contributed by atoms with Crippen LogP contribution in [0.5, 0.6) is 0 Å². The molecule has 1 aromatic heterocycles. The molecule has 0 saturated carbocycles. The van der Waals surface area contributed by atoms with Crippen molar-refractivity contribution in [1.82, 2.24) is 4.90 Å². The molecule has 2 N–H and O–H groups in total. The van der Waals surface area contributed by atoms with Gasteiger partial charge in [-0.25, -0.2) is 0 Å². The average Bonchev–Trinajstić information content (AvgIpc) is 2.73. The van der Waals surface area contributed by atoms with Gasteiger partial charge in [-0.05, 0) is 41.3 Å². The van der Waals surface area contributed by atoms with Crippen molar-refractivity contribution in [2.24, 2.45) is 5.73 Å². The normalized spacial score (nSPS) is 17.4. The van der Waals surface area contributed by atoms with Crippen LogP contribution in [0.25, 0.3) is 0 Å². The molecule has 2 heterocycles. The third kappa shape index (κ3) is 3.79. The number of carbonyl (C=O) groups excluding carboxylic acids is 1. The van der Waals surface area contributed by atoms with Crippen molar-refractivity contribution in [3.8, 4) is 0 Å². The van der Waals surface area contributed by atoms with E-state index in [9.17, 15) is 4.79 Å². The number of aryl methyl sites for hydroxylation is 1. The second-order valence-electron chi connectivity index (χ2n) is 4.45. The Morgan fingerprint density at radius 3 is 2.82 bits per heavy atom. The Labute approximate surface area is 114 Å². The van der Waals surface area contributed by atoms with E-state index >= 15 is 0 Å². The summed E-state index contributed by atoms with van der Waals surface area (Å²) >= 11 is 5.12. The van der Waals surface area contributed by atoms with Gasteiger partial charge in [0, 0.05) is 40.3 Å². The predicted octanol–water partition coefficient (Wildman–Crippen LogP) is 2.39. The molecule has 3 nitrogen and oxygen atoms in total. The predicted molar refractivity (Wildman–Crippen MR) is 74.1 cm³/mol. The molecule has 1 aliphatic heterocycles. The van der Waals surface area contributed by atoms with Gasteiger partial charge in [0.25, 0.3) is 0 Å². The minimum Gasteiger partial charge on any atom is -0.343 e. The minimum absolute atomic E-state index is 0.265. The first-order chi connectivity index (χ1) is 8.15. The minimum atomic E-state index is 0.265. The topological polar surface area (TPSA) is 46.3 Å². The molecule has 1 aromatic rings. The van der Waals surface area contributed by atoms with E-state index in [4.69, 9.17) is 5.73 Å². The molecule has 0 aliphatic carbocycles.